The molecule has 6 unspecified atom stereocenters. The van der Waals surface area contributed by atoms with Gasteiger partial charge in [-0.3, -0.25) is 10.3 Å². The Labute approximate surface area is 173 Å². The molecule has 2 bridgehead atoms. The molecular weight excluding hydrogens is 364 g/mol. The molecule has 7 nitrogen and oxygen atoms in total. The number of nitrogens with zero attached hydrogens (tertiary/aromatic N) is 4. The van der Waals surface area contributed by atoms with Crippen molar-refractivity contribution in [3.05, 3.63) is 18.1 Å². The molecule has 1 aromatic rings. The van der Waals surface area contributed by atoms with Gasteiger partial charge in [-0.05, 0) is 58.9 Å². The van der Waals surface area contributed by atoms with Gasteiger partial charge >= 0.3 is 0 Å². The summed E-state index contributed by atoms with van der Waals surface area (Å²) in [6.07, 6.45) is 10.7. The highest BCUT2D eigenvalue weighted by Crippen LogP contribution is 2.45. The predicted octanol–water partition coefficient (Wildman–Crippen LogP) is 2.01. The fraction of sp³-hybridized carbons (Fsp3) is 0.818. The third-order valence-corrected chi connectivity index (χ3v) is 8.27. The summed E-state index contributed by atoms with van der Waals surface area (Å²) in [5.74, 6) is 1.63. The van der Waals surface area contributed by atoms with Crippen molar-refractivity contribution in [3.8, 4) is 0 Å². The average molecular weight is 399 g/mol. The van der Waals surface area contributed by atoms with Crippen LogP contribution in [0.2, 0.25) is 0 Å². The number of hydrogen-bond acceptors (Lipinski definition) is 7. The van der Waals surface area contributed by atoms with Gasteiger partial charge in [0.15, 0.2) is 0 Å². The monoisotopic (exact) mass is 398 g/mol. The van der Waals surface area contributed by atoms with E-state index >= 15 is 0 Å². The minimum atomic E-state index is 0.162. The van der Waals surface area contributed by atoms with Crippen LogP contribution < -0.4 is 15.8 Å². The predicted molar refractivity (Wildman–Crippen MR) is 111 cm³/mol. The van der Waals surface area contributed by atoms with Crippen LogP contribution in [0.3, 0.4) is 0 Å². The number of hydrogen-bond donors (Lipinski definition) is 2. The number of ether oxygens (including phenoxy) is 1. The van der Waals surface area contributed by atoms with E-state index in [0.717, 1.165) is 37.4 Å². The van der Waals surface area contributed by atoms with Gasteiger partial charge in [-0.15, -0.1) is 0 Å². The Morgan fingerprint density at radius 1 is 1.07 bits per heavy atom. The van der Waals surface area contributed by atoms with Crippen LogP contribution in [0.15, 0.2) is 12.4 Å². The maximum absolute atomic E-state index is 6.44. The Kier molecular flexibility index (Phi) is 4.38. The van der Waals surface area contributed by atoms with E-state index in [-0.39, 0.29) is 11.6 Å². The van der Waals surface area contributed by atoms with Gasteiger partial charge in [0.1, 0.15) is 12.1 Å². The number of piperazine rings is 1. The first-order chi connectivity index (χ1) is 14.1. The molecule has 2 N–H and O–H groups in total. The van der Waals surface area contributed by atoms with Crippen LogP contribution in [0.4, 0.5) is 5.82 Å². The zero-order chi connectivity index (χ0) is 19.6. The fourth-order valence-corrected chi connectivity index (χ4v) is 6.12. The second-order valence-corrected chi connectivity index (χ2v) is 10.3. The molecule has 0 amide bonds. The van der Waals surface area contributed by atoms with Crippen molar-refractivity contribution in [3.63, 3.8) is 0 Å². The number of anilines is 1. The Balaban J connectivity index is 1.19. The van der Waals surface area contributed by atoms with Crippen LogP contribution in [0.1, 0.15) is 63.6 Å². The largest absolute Gasteiger partial charge is 0.372 e. The van der Waals surface area contributed by atoms with E-state index in [1.807, 2.05) is 0 Å². The summed E-state index contributed by atoms with van der Waals surface area (Å²) in [4.78, 5) is 14.4. The highest BCUT2D eigenvalue weighted by Gasteiger charge is 2.46. The molecule has 4 heterocycles. The van der Waals surface area contributed by atoms with Gasteiger partial charge in [0.05, 0.1) is 23.4 Å². The van der Waals surface area contributed by atoms with E-state index in [1.54, 1.807) is 6.33 Å². The van der Waals surface area contributed by atoms with Crippen LogP contribution in [0, 0.1) is 5.92 Å². The number of fused-ring (bicyclic) bond motifs is 3. The second-order valence-electron chi connectivity index (χ2n) is 10.3. The molecule has 6 atom stereocenters. The third-order valence-electron chi connectivity index (χ3n) is 8.27. The summed E-state index contributed by atoms with van der Waals surface area (Å²) in [6, 6.07) is 4.33. The van der Waals surface area contributed by atoms with Crippen molar-refractivity contribution in [1.82, 2.24) is 25.7 Å². The Morgan fingerprint density at radius 3 is 2.62 bits per heavy atom. The van der Waals surface area contributed by atoms with Gasteiger partial charge in [0.25, 0.3) is 0 Å². The lowest BCUT2D eigenvalue weighted by atomic mass is 9.79. The van der Waals surface area contributed by atoms with E-state index in [9.17, 15) is 0 Å². The molecule has 6 rings (SSSR count). The molecule has 29 heavy (non-hydrogen) atoms. The zero-order valence-electron chi connectivity index (χ0n) is 17.7. The Hall–Kier alpha value is -1.28. The standard InChI is InChI=1S/C22H34N6O/c1-22(7-8-22)29-16-5-6-18-17(9-16)21(26-25-18)19-10-20(24-13-23-19)28-11-14-3-4-15(12-28)27(14)2/h10,13-18,21,25-26H,3-9,11-12H2,1-2H3. The van der Waals surface area contributed by atoms with Gasteiger partial charge in [-0.25, -0.2) is 15.4 Å². The molecule has 2 aliphatic carbocycles. The molecule has 0 aromatic carbocycles. The minimum absolute atomic E-state index is 0.162. The van der Waals surface area contributed by atoms with Gasteiger partial charge in [-0.2, -0.15) is 0 Å². The summed E-state index contributed by atoms with van der Waals surface area (Å²) in [5, 5.41) is 0. The molecular formula is C22H34N6O. The summed E-state index contributed by atoms with van der Waals surface area (Å²) >= 11 is 0. The van der Waals surface area contributed by atoms with E-state index in [2.05, 4.69) is 45.7 Å². The third kappa shape index (κ3) is 3.36. The molecule has 0 spiro atoms. The molecule has 2 saturated carbocycles. The van der Waals surface area contributed by atoms with Crippen LogP contribution >= 0.6 is 0 Å². The van der Waals surface area contributed by atoms with Crippen LogP contribution in [-0.4, -0.2) is 64.8 Å². The van der Waals surface area contributed by atoms with Crippen LogP contribution in [0.5, 0.6) is 0 Å². The quantitative estimate of drug-likeness (QED) is 0.804. The molecule has 0 radical (unpaired) electrons. The van der Waals surface area contributed by atoms with Gasteiger partial charge in [-0.1, -0.05) is 0 Å². The Morgan fingerprint density at radius 2 is 1.86 bits per heavy atom. The SMILES string of the molecule is CN1C2CCC1CN(c1cc(C3NNC4CCC(OC5(C)CC5)CC43)ncn1)C2. The van der Waals surface area contributed by atoms with E-state index in [1.165, 1.54) is 32.1 Å². The molecule has 158 valence electrons. The average Bonchev–Trinajstić information content (AvgIpc) is 3.25. The summed E-state index contributed by atoms with van der Waals surface area (Å²) < 4.78 is 6.44. The van der Waals surface area contributed by atoms with Crippen molar-refractivity contribution in [2.45, 2.75) is 87.7 Å². The van der Waals surface area contributed by atoms with Gasteiger partial charge < -0.3 is 9.64 Å². The van der Waals surface area contributed by atoms with Crippen LogP contribution in [-0.2, 0) is 4.74 Å². The number of rotatable bonds is 4. The lowest BCUT2D eigenvalue weighted by molar-refractivity contribution is -0.0500. The molecule has 3 aliphatic heterocycles. The smallest absolute Gasteiger partial charge is 0.132 e. The molecule has 5 aliphatic rings. The lowest BCUT2D eigenvalue weighted by Crippen LogP contribution is -2.52. The van der Waals surface area contributed by atoms with Crippen molar-refractivity contribution in [1.29, 1.82) is 0 Å². The van der Waals surface area contributed by atoms with Crippen molar-refractivity contribution < 1.29 is 4.74 Å². The number of nitrogens with one attached hydrogen (secondary N) is 2. The van der Waals surface area contributed by atoms with Gasteiger partial charge in [0, 0.05) is 43.2 Å². The minimum Gasteiger partial charge on any atom is -0.372 e. The first-order valence-corrected chi connectivity index (χ1v) is 11.6. The normalized spacial score (nSPS) is 40.8. The maximum Gasteiger partial charge on any atom is 0.132 e. The van der Waals surface area contributed by atoms with Crippen molar-refractivity contribution in [2.24, 2.45) is 5.92 Å². The number of likely N-dealkylation sites (N-methyl/N-ethyl adjacent to an activating group) is 1. The first kappa shape index (κ1) is 18.5. The molecule has 1 aromatic heterocycles. The van der Waals surface area contributed by atoms with Crippen molar-refractivity contribution in [2.75, 3.05) is 25.0 Å². The summed E-state index contributed by atoms with van der Waals surface area (Å²) in [5.41, 5.74) is 8.39. The maximum atomic E-state index is 6.44. The van der Waals surface area contributed by atoms with E-state index in [4.69, 9.17) is 9.72 Å². The van der Waals surface area contributed by atoms with Crippen LogP contribution in [0.25, 0.3) is 0 Å². The number of aromatic nitrogens is 2. The summed E-state index contributed by atoms with van der Waals surface area (Å²) in [6.45, 7) is 4.43. The first-order valence-electron chi connectivity index (χ1n) is 11.6. The Bertz CT molecular complexity index is 755. The number of hydrazine groups is 1. The topological polar surface area (TPSA) is 65.5 Å². The van der Waals surface area contributed by atoms with E-state index < -0.39 is 0 Å². The molecule has 3 saturated heterocycles. The van der Waals surface area contributed by atoms with Crippen molar-refractivity contribution >= 4 is 5.82 Å². The highest BCUT2D eigenvalue weighted by atomic mass is 16.5. The lowest BCUT2D eigenvalue weighted by Gasteiger charge is -2.39. The zero-order valence-corrected chi connectivity index (χ0v) is 17.7. The highest BCUT2D eigenvalue weighted by molar-refractivity contribution is 5.42. The van der Waals surface area contributed by atoms with Gasteiger partial charge in [0.2, 0.25) is 0 Å². The van der Waals surface area contributed by atoms with E-state index in [0.29, 0.717) is 30.1 Å². The molecule has 7 heteroatoms. The fourth-order valence-electron chi connectivity index (χ4n) is 6.12. The summed E-state index contributed by atoms with van der Waals surface area (Å²) in [7, 11) is 2.28. The molecule has 5 fully saturated rings. The second kappa shape index (κ2) is 6.87.